The predicted octanol–water partition coefficient (Wildman–Crippen LogP) is 0.999. The first-order valence-electron chi connectivity index (χ1n) is 6.23. The highest BCUT2D eigenvalue weighted by Crippen LogP contribution is 2.15. The molecule has 1 amide bonds. The van der Waals surface area contributed by atoms with Crippen molar-refractivity contribution in [1.29, 1.82) is 0 Å². The van der Waals surface area contributed by atoms with Gasteiger partial charge in [-0.25, -0.2) is 0 Å². The third-order valence-corrected chi connectivity index (χ3v) is 3.17. The van der Waals surface area contributed by atoms with Crippen LogP contribution < -0.4 is 5.73 Å². The van der Waals surface area contributed by atoms with Crippen LogP contribution in [0.5, 0.6) is 0 Å². The molecule has 0 saturated carbocycles. The van der Waals surface area contributed by atoms with E-state index in [1.807, 2.05) is 14.0 Å². The van der Waals surface area contributed by atoms with Crippen molar-refractivity contribution in [3.05, 3.63) is 0 Å². The Kier molecular flexibility index (Phi) is 5.77. The monoisotopic (exact) mass is 228 g/mol. The van der Waals surface area contributed by atoms with E-state index in [1.54, 1.807) is 4.90 Å². The van der Waals surface area contributed by atoms with Gasteiger partial charge < -0.3 is 15.4 Å². The van der Waals surface area contributed by atoms with Gasteiger partial charge in [0.25, 0.3) is 0 Å². The van der Waals surface area contributed by atoms with Gasteiger partial charge in [-0.3, -0.25) is 4.79 Å². The van der Waals surface area contributed by atoms with Gasteiger partial charge in [-0.1, -0.05) is 13.3 Å². The topological polar surface area (TPSA) is 55.6 Å². The smallest absolute Gasteiger partial charge is 0.239 e. The summed E-state index contributed by atoms with van der Waals surface area (Å²) in [4.78, 5) is 13.7. The van der Waals surface area contributed by atoms with E-state index in [4.69, 9.17) is 10.5 Å². The van der Waals surface area contributed by atoms with Crippen molar-refractivity contribution in [3.63, 3.8) is 0 Å². The van der Waals surface area contributed by atoms with Crippen LogP contribution in [0.25, 0.3) is 0 Å². The minimum atomic E-state index is -0.324. The summed E-state index contributed by atoms with van der Waals surface area (Å²) in [5, 5.41) is 0. The predicted molar refractivity (Wildman–Crippen MR) is 64.1 cm³/mol. The molecule has 0 aromatic heterocycles. The first kappa shape index (κ1) is 13.5. The van der Waals surface area contributed by atoms with Gasteiger partial charge in [0.15, 0.2) is 0 Å². The first-order chi connectivity index (χ1) is 7.65. The summed E-state index contributed by atoms with van der Waals surface area (Å²) in [5.41, 5.74) is 5.82. The van der Waals surface area contributed by atoms with Gasteiger partial charge in [-0.2, -0.15) is 0 Å². The largest absolute Gasteiger partial charge is 0.381 e. The van der Waals surface area contributed by atoms with Crippen LogP contribution in [0.4, 0.5) is 0 Å². The third-order valence-electron chi connectivity index (χ3n) is 3.17. The number of ether oxygens (including phenoxy) is 1. The van der Waals surface area contributed by atoms with Crippen LogP contribution in [-0.4, -0.2) is 43.7 Å². The fourth-order valence-electron chi connectivity index (χ4n) is 2.12. The highest BCUT2D eigenvalue weighted by molar-refractivity contribution is 5.81. The Bertz CT molecular complexity index is 215. The lowest BCUT2D eigenvalue weighted by atomic mass is 9.99. The van der Waals surface area contributed by atoms with Crippen molar-refractivity contribution in [2.75, 3.05) is 26.8 Å². The molecular weight excluding hydrogens is 204 g/mol. The Hall–Kier alpha value is -0.610. The summed E-state index contributed by atoms with van der Waals surface area (Å²) in [7, 11) is 1.85. The van der Waals surface area contributed by atoms with Gasteiger partial charge in [0.05, 0.1) is 6.04 Å². The highest BCUT2D eigenvalue weighted by atomic mass is 16.5. The van der Waals surface area contributed by atoms with Gasteiger partial charge in [0, 0.05) is 26.8 Å². The molecule has 1 rings (SSSR count). The Morgan fingerprint density at radius 3 is 2.69 bits per heavy atom. The molecular formula is C12H24N2O2. The molecule has 1 aliphatic heterocycles. The van der Waals surface area contributed by atoms with E-state index in [-0.39, 0.29) is 11.9 Å². The Morgan fingerprint density at radius 1 is 1.50 bits per heavy atom. The summed E-state index contributed by atoms with van der Waals surface area (Å²) in [6.07, 6.45) is 3.84. The molecule has 16 heavy (non-hydrogen) atoms. The molecule has 0 radical (unpaired) electrons. The maximum Gasteiger partial charge on any atom is 0.239 e. The molecule has 1 atom stereocenters. The van der Waals surface area contributed by atoms with Crippen molar-refractivity contribution >= 4 is 5.91 Å². The van der Waals surface area contributed by atoms with E-state index < -0.39 is 0 Å². The fourth-order valence-corrected chi connectivity index (χ4v) is 2.12. The molecule has 0 aromatic carbocycles. The average molecular weight is 228 g/mol. The van der Waals surface area contributed by atoms with Crippen molar-refractivity contribution in [2.45, 2.75) is 38.6 Å². The Balaban J connectivity index is 2.32. The standard InChI is InChI=1S/C12H24N2O2/c1-3-4-11(13)12(15)14(2)9-10-5-7-16-8-6-10/h10-11H,3-9,13H2,1-2H3. The van der Waals surface area contributed by atoms with Crippen LogP contribution in [0.3, 0.4) is 0 Å². The number of carbonyl (C=O) groups is 1. The van der Waals surface area contributed by atoms with Gasteiger partial charge in [-0.05, 0) is 25.2 Å². The number of likely N-dealkylation sites (N-methyl/N-ethyl adjacent to an activating group) is 1. The third kappa shape index (κ3) is 4.10. The average Bonchev–Trinajstić information content (AvgIpc) is 2.29. The molecule has 0 spiro atoms. The quantitative estimate of drug-likeness (QED) is 0.763. The zero-order valence-corrected chi connectivity index (χ0v) is 10.4. The molecule has 0 bridgehead atoms. The molecule has 1 unspecified atom stereocenters. The fraction of sp³-hybridized carbons (Fsp3) is 0.917. The first-order valence-corrected chi connectivity index (χ1v) is 6.23. The van der Waals surface area contributed by atoms with Crippen molar-refractivity contribution in [2.24, 2.45) is 11.7 Å². The zero-order chi connectivity index (χ0) is 12.0. The van der Waals surface area contributed by atoms with E-state index in [0.29, 0.717) is 5.92 Å². The molecule has 94 valence electrons. The molecule has 1 heterocycles. The van der Waals surface area contributed by atoms with Crippen molar-refractivity contribution in [1.82, 2.24) is 4.90 Å². The number of rotatable bonds is 5. The SMILES string of the molecule is CCCC(N)C(=O)N(C)CC1CCOCC1. The summed E-state index contributed by atoms with van der Waals surface area (Å²) in [5.74, 6) is 0.657. The number of nitrogens with zero attached hydrogens (tertiary/aromatic N) is 1. The van der Waals surface area contributed by atoms with E-state index in [1.165, 1.54) is 0 Å². The Labute approximate surface area is 98.1 Å². The summed E-state index contributed by atoms with van der Waals surface area (Å²) < 4.78 is 5.30. The van der Waals surface area contributed by atoms with Crippen molar-refractivity contribution in [3.8, 4) is 0 Å². The van der Waals surface area contributed by atoms with Crippen LogP contribution in [0.15, 0.2) is 0 Å². The maximum absolute atomic E-state index is 11.9. The molecule has 2 N–H and O–H groups in total. The number of hydrogen-bond donors (Lipinski definition) is 1. The number of nitrogens with two attached hydrogens (primary N) is 1. The number of hydrogen-bond acceptors (Lipinski definition) is 3. The van der Waals surface area contributed by atoms with Gasteiger partial charge >= 0.3 is 0 Å². The lowest BCUT2D eigenvalue weighted by Crippen LogP contribution is -2.44. The van der Waals surface area contributed by atoms with Gasteiger partial charge in [-0.15, -0.1) is 0 Å². The molecule has 1 aliphatic rings. The maximum atomic E-state index is 11.9. The molecule has 4 nitrogen and oxygen atoms in total. The molecule has 0 aromatic rings. The lowest BCUT2D eigenvalue weighted by Gasteiger charge is -2.28. The lowest BCUT2D eigenvalue weighted by molar-refractivity contribution is -0.132. The normalized spacial score (nSPS) is 19.4. The van der Waals surface area contributed by atoms with E-state index in [9.17, 15) is 4.79 Å². The zero-order valence-electron chi connectivity index (χ0n) is 10.4. The van der Waals surface area contributed by atoms with Crippen LogP contribution in [0.1, 0.15) is 32.6 Å². The Morgan fingerprint density at radius 2 is 2.12 bits per heavy atom. The molecule has 1 fully saturated rings. The minimum Gasteiger partial charge on any atom is -0.381 e. The summed E-state index contributed by atoms with van der Waals surface area (Å²) in [6, 6.07) is -0.324. The van der Waals surface area contributed by atoms with E-state index in [2.05, 4.69) is 0 Å². The van der Waals surface area contributed by atoms with Crippen LogP contribution in [0, 0.1) is 5.92 Å². The molecule has 4 heteroatoms. The van der Waals surface area contributed by atoms with Crippen LogP contribution >= 0.6 is 0 Å². The van der Waals surface area contributed by atoms with Crippen LogP contribution in [-0.2, 0) is 9.53 Å². The highest BCUT2D eigenvalue weighted by Gasteiger charge is 2.21. The van der Waals surface area contributed by atoms with Gasteiger partial charge in [0.2, 0.25) is 5.91 Å². The summed E-state index contributed by atoms with van der Waals surface area (Å²) in [6.45, 7) is 4.52. The van der Waals surface area contributed by atoms with E-state index in [0.717, 1.165) is 45.4 Å². The molecule has 1 saturated heterocycles. The number of carbonyl (C=O) groups excluding carboxylic acids is 1. The number of amides is 1. The van der Waals surface area contributed by atoms with Crippen molar-refractivity contribution < 1.29 is 9.53 Å². The second-order valence-corrected chi connectivity index (χ2v) is 4.67. The molecule has 0 aliphatic carbocycles. The van der Waals surface area contributed by atoms with E-state index >= 15 is 0 Å². The van der Waals surface area contributed by atoms with Gasteiger partial charge in [0.1, 0.15) is 0 Å². The second kappa shape index (κ2) is 6.86. The summed E-state index contributed by atoms with van der Waals surface area (Å²) >= 11 is 0. The second-order valence-electron chi connectivity index (χ2n) is 4.67. The van der Waals surface area contributed by atoms with Crippen LogP contribution in [0.2, 0.25) is 0 Å². The minimum absolute atomic E-state index is 0.0772.